The lowest BCUT2D eigenvalue weighted by molar-refractivity contribution is 0.0563. The maximum absolute atomic E-state index is 11.3. The Labute approximate surface area is 118 Å². The van der Waals surface area contributed by atoms with Crippen LogP contribution in [-0.2, 0) is 11.3 Å². The maximum atomic E-state index is 11.3. The number of hydrogen-bond acceptors (Lipinski definition) is 5. The number of furan rings is 1. The average molecular weight is 287 g/mol. The summed E-state index contributed by atoms with van der Waals surface area (Å²) in [6.07, 6.45) is 0. The third kappa shape index (κ3) is 2.66. The molecule has 0 aliphatic rings. The second-order valence-electron chi connectivity index (χ2n) is 4.45. The van der Waals surface area contributed by atoms with Gasteiger partial charge in [-0.2, -0.15) is 0 Å². The molecule has 108 valence electrons. The molecule has 0 spiro atoms. The predicted molar refractivity (Wildman–Crippen MR) is 76.3 cm³/mol. The molecule has 0 bridgehead atoms. The third-order valence-corrected chi connectivity index (χ3v) is 3.03. The summed E-state index contributed by atoms with van der Waals surface area (Å²) in [5.74, 6) is 0.269. The first-order valence-electron chi connectivity index (χ1n) is 6.28. The summed E-state index contributed by atoms with van der Waals surface area (Å²) in [6.45, 7) is 0.414. The number of benzene rings is 1. The number of methoxy groups -OCH3 is 1. The number of carbonyl (C=O) groups excluding carboxylic acids is 1. The number of ether oxygens (including phenoxy) is 1. The van der Waals surface area contributed by atoms with E-state index in [0.29, 0.717) is 12.3 Å². The van der Waals surface area contributed by atoms with Gasteiger partial charge in [0.25, 0.3) is 0 Å². The van der Waals surface area contributed by atoms with Gasteiger partial charge >= 0.3 is 11.7 Å². The van der Waals surface area contributed by atoms with E-state index >= 15 is 0 Å². The van der Waals surface area contributed by atoms with Crippen molar-refractivity contribution in [2.75, 3.05) is 12.4 Å². The Hall–Kier alpha value is -2.96. The molecule has 0 amide bonds. The fourth-order valence-corrected chi connectivity index (χ4v) is 2.01. The van der Waals surface area contributed by atoms with Gasteiger partial charge < -0.3 is 24.4 Å². The van der Waals surface area contributed by atoms with Crippen molar-refractivity contribution < 1.29 is 13.9 Å². The standard InChI is InChI=1S/C14H13N3O4/c1-20-13(18)12-5-3-9(21-12)7-15-8-2-4-10-11(6-8)17-14(19)16-10/h2-6,15H,7H2,1H3,(H2,16,17,19). The van der Waals surface area contributed by atoms with Crippen LogP contribution >= 0.6 is 0 Å². The van der Waals surface area contributed by atoms with Crippen LogP contribution in [-0.4, -0.2) is 23.0 Å². The SMILES string of the molecule is COC(=O)c1ccc(CNc2ccc3[nH]c(=O)[nH]c3c2)o1. The smallest absolute Gasteiger partial charge is 0.373 e. The number of hydrogen-bond donors (Lipinski definition) is 3. The van der Waals surface area contributed by atoms with Gasteiger partial charge in [-0.3, -0.25) is 0 Å². The molecule has 1 aromatic carbocycles. The number of carbonyl (C=O) groups is 1. The number of anilines is 1. The lowest BCUT2D eigenvalue weighted by Crippen LogP contribution is -2.00. The highest BCUT2D eigenvalue weighted by Gasteiger charge is 2.10. The minimum atomic E-state index is -0.507. The van der Waals surface area contributed by atoms with Gasteiger partial charge in [0.1, 0.15) is 5.76 Å². The van der Waals surface area contributed by atoms with E-state index in [1.54, 1.807) is 18.2 Å². The topological polar surface area (TPSA) is 100 Å². The van der Waals surface area contributed by atoms with Gasteiger partial charge in [0.2, 0.25) is 5.76 Å². The van der Waals surface area contributed by atoms with Crippen LogP contribution in [0, 0.1) is 0 Å². The molecule has 7 heteroatoms. The number of aromatic amines is 2. The molecule has 3 N–H and O–H groups in total. The zero-order valence-electron chi connectivity index (χ0n) is 11.2. The Bertz CT molecular complexity index is 843. The van der Waals surface area contributed by atoms with E-state index in [9.17, 15) is 9.59 Å². The minimum Gasteiger partial charge on any atom is -0.463 e. The molecular weight excluding hydrogens is 274 g/mol. The van der Waals surface area contributed by atoms with Crippen molar-refractivity contribution in [3.05, 3.63) is 52.3 Å². The van der Waals surface area contributed by atoms with Crippen molar-refractivity contribution in [2.24, 2.45) is 0 Å². The first kappa shape index (κ1) is 13.0. The van der Waals surface area contributed by atoms with Crippen molar-refractivity contribution in [1.29, 1.82) is 0 Å². The van der Waals surface area contributed by atoms with Crippen LogP contribution in [0.2, 0.25) is 0 Å². The van der Waals surface area contributed by atoms with E-state index in [4.69, 9.17) is 4.42 Å². The third-order valence-electron chi connectivity index (χ3n) is 3.03. The van der Waals surface area contributed by atoms with Gasteiger partial charge in [-0.15, -0.1) is 0 Å². The first-order chi connectivity index (χ1) is 10.2. The fourth-order valence-electron chi connectivity index (χ4n) is 2.01. The van der Waals surface area contributed by atoms with Crippen LogP contribution in [0.3, 0.4) is 0 Å². The second-order valence-corrected chi connectivity index (χ2v) is 4.45. The Balaban J connectivity index is 1.72. The number of nitrogens with one attached hydrogen (secondary N) is 3. The molecule has 0 aliphatic carbocycles. The second kappa shape index (κ2) is 5.20. The molecule has 21 heavy (non-hydrogen) atoms. The molecule has 0 fully saturated rings. The first-order valence-corrected chi connectivity index (χ1v) is 6.28. The zero-order chi connectivity index (χ0) is 14.8. The van der Waals surface area contributed by atoms with Crippen LogP contribution in [0.4, 0.5) is 5.69 Å². The maximum Gasteiger partial charge on any atom is 0.373 e. The van der Waals surface area contributed by atoms with Crippen molar-refractivity contribution >= 4 is 22.7 Å². The van der Waals surface area contributed by atoms with Crippen LogP contribution < -0.4 is 11.0 Å². The fraction of sp³-hybridized carbons (Fsp3) is 0.143. The molecule has 0 saturated carbocycles. The van der Waals surface area contributed by atoms with Crippen molar-refractivity contribution in [1.82, 2.24) is 9.97 Å². The lowest BCUT2D eigenvalue weighted by Gasteiger charge is -2.04. The Morgan fingerprint density at radius 3 is 2.86 bits per heavy atom. The monoisotopic (exact) mass is 287 g/mol. The van der Waals surface area contributed by atoms with Gasteiger partial charge in [-0.25, -0.2) is 9.59 Å². The van der Waals surface area contributed by atoms with E-state index in [-0.39, 0.29) is 11.4 Å². The van der Waals surface area contributed by atoms with Crippen molar-refractivity contribution in [3.63, 3.8) is 0 Å². The highest BCUT2D eigenvalue weighted by Crippen LogP contribution is 2.16. The minimum absolute atomic E-state index is 0.166. The molecule has 2 aromatic heterocycles. The summed E-state index contributed by atoms with van der Waals surface area (Å²) >= 11 is 0. The zero-order valence-corrected chi connectivity index (χ0v) is 11.2. The summed E-state index contributed by atoms with van der Waals surface area (Å²) in [6, 6.07) is 8.73. The number of fused-ring (bicyclic) bond motifs is 1. The molecule has 3 rings (SSSR count). The van der Waals surface area contributed by atoms with Gasteiger partial charge in [0, 0.05) is 5.69 Å². The number of esters is 1. The van der Waals surface area contributed by atoms with Crippen LogP contribution in [0.15, 0.2) is 39.5 Å². The Morgan fingerprint density at radius 2 is 2.05 bits per heavy atom. The molecule has 0 radical (unpaired) electrons. The number of imidazole rings is 1. The van der Waals surface area contributed by atoms with Gasteiger partial charge in [-0.05, 0) is 30.3 Å². The van der Waals surface area contributed by atoms with Crippen molar-refractivity contribution in [2.45, 2.75) is 6.54 Å². The Morgan fingerprint density at radius 1 is 1.24 bits per heavy atom. The van der Waals surface area contributed by atoms with E-state index < -0.39 is 5.97 Å². The summed E-state index contributed by atoms with van der Waals surface area (Å²) in [4.78, 5) is 27.8. The number of rotatable bonds is 4. The van der Waals surface area contributed by atoms with E-state index in [2.05, 4.69) is 20.0 Å². The number of H-pyrrole nitrogens is 2. The van der Waals surface area contributed by atoms with E-state index in [1.165, 1.54) is 7.11 Å². The highest BCUT2D eigenvalue weighted by atomic mass is 16.5. The number of aromatic nitrogens is 2. The molecular formula is C14H13N3O4. The van der Waals surface area contributed by atoms with Crippen LogP contribution in [0.25, 0.3) is 11.0 Å². The van der Waals surface area contributed by atoms with E-state index in [0.717, 1.165) is 16.7 Å². The quantitative estimate of drug-likeness (QED) is 0.636. The van der Waals surface area contributed by atoms with Gasteiger partial charge in [-0.1, -0.05) is 0 Å². The van der Waals surface area contributed by atoms with Crippen LogP contribution in [0.1, 0.15) is 16.3 Å². The largest absolute Gasteiger partial charge is 0.463 e. The average Bonchev–Trinajstić information content (AvgIpc) is 3.09. The van der Waals surface area contributed by atoms with Crippen molar-refractivity contribution in [3.8, 4) is 0 Å². The summed E-state index contributed by atoms with van der Waals surface area (Å²) in [5.41, 5.74) is 2.06. The van der Waals surface area contributed by atoms with E-state index in [1.807, 2.05) is 12.1 Å². The van der Waals surface area contributed by atoms with Gasteiger partial charge in [0.15, 0.2) is 0 Å². The molecule has 0 aliphatic heterocycles. The Kier molecular flexibility index (Phi) is 3.23. The summed E-state index contributed by atoms with van der Waals surface area (Å²) in [5, 5.41) is 3.15. The van der Waals surface area contributed by atoms with Gasteiger partial charge in [0.05, 0.1) is 24.7 Å². The molecule has 0 unspecified atom stereocenters. The normalized spacial score (nSPS) is 10.7. The predicted octanol–water partition coefficient (Wildman–Crippen LogP) is 1.85. The molecule has 7 nitrogen and oxygen atoms in total. The summed E-state index contributed by atoms with van der Waals surface area (Å²) < 4.78 is 9.92. The lowest BCUT2D eigenvalue weighted by atomic mass is 10.2. The highest BCUT2D eigenvalue weighted by molar-refractivity contribution is 5.86. The summed E-state index contributed by atoms with van der Waals surface area (Å²) in [7, 11) is 1.30. The molecule has 0 saturated heterocycles. The molecule has 2 heterocycles. The van der Waals surface area contributed by atoms with Crippen LogP contribution in [0.5, 0.6) is 0 Å². The molecule has 3 aromatic rings. The molecule has 0 atom stereocenters.